The van der Waals surface area contributed by atoms with Gasteiger partial charge in [-0.2, -0.15) is 0 Å². The average Bonchev–Trinajstić information content (AvgIpc) is 3.69. The lowest BCUT2D eigenvalue weighted by molar-refractivity contribution is -0.256. The first-order valence-corrected chi connectivity index (χ1v) is 20.8. The lowest BCUT2D eigenvalue weighted by Crippen LogP contribution is -2.60. The standard InChI is InChI=1S/C43H62F2N2O6/c1-25-15-31(20-47(26(2)48)19-27-16-28(44)18-29(45)17-27)52-37-36(25)40(5)11-12-43-24-42(43)10-9-34(53-35-21-46(13-14-51-35)30-22-50-23-30)39(3,4)32(42)7-8-33(43)41(40,6)38(37)49/h16-18,25,30-38,49H,7-15,19-24H2,1-6H3/t25-,31?,32?,33?,34+,35?,36+,37?,38+,40-,41-,42-,43?/m1/s1. The van der Waals surface area contributed by atoms with Gasteiger partial charge in [-0.25, -0.2) is 8.78 Å². The molecular formula is C43H62F2N2O6. The van der Waals surface area contributed by atoms with Crippen molar-refractivity contribution in [1.29, 1.82) is 0 Å². The van der Waals surface area contributed by atoms with E-state index < -0.39 is 17.7 Å². The Labute approximate surface area is 314 Å². The largest absolute Gasteiger partial charge is 0.390 e. The number of ether oxygens (including phenoxy) is 4. The number of hydrogen-bond donors (Lipinski definition) is 1. The minimum atomic E-state index is -0.651. The zero-order valence-corrected chi connectivity index (χ0v) is 32.8. The number of halogens is 2. The lowest BCUT2D eigenvalue weighted by atomic mass is 9.41. The number of aliphatic hydroxyl groups excluding tert-OH is 1. The van der Waals surface area contributed by atoms with Crippen molar-refractivity contribution in [2.24, 2.45) is 50.7 Å². The van der Waals surface area contributed by atoms with Crippen LogP contribution in [0.2, 0.25) is 0 Å². The smallest absolute Gasteiger partial charge is 0.219 e. The number of aliphatic hydroxyl groups is 1. The van der Waals surface area contributed by atoms with Crippen LogP contribution < -0.4 is 0 Å². The lowest BCUT2D eigenvalue weighted by Gasteiger charge is -2.64. The fourth-order valence-electron chi connectivity index (χ4n) is 14.9. The first kappa shape index (κ1) is 36.9. The van der Waals surface area contributed by atoms with Crippen LogP contribution in [0.5, 0.6) is 0 Å². The molecule has 3 aliphatic heterocycles. The minimum absolute atomic E-state index is 0.0343. The molecule has 8 aliphatic rings. The third-order valence-electron chi connectivity index (χ3n) is 17.5. The summed E-state index contributed by atoms with van der Waals surface area (Å²) in [7, 11) is 0. The number of hydrogen-bond acceptors (Lipinski definition) is 7. The molecule has 0 radical (unpaired) electrons. The van der Waals surface area contributed by atoms with Gasteiger partial charge in [0.05, 0.1) is 56.8 Å². The van der Waals surface area contributed by atoms with E-state index in [4.69, 9.17) is 18.9 Å². The molecule has 1 amide bonds. The van der Waals surface area contributed by atoms with Gasteiger partial charge in [0.15, 0.2) is 6.29 Å². The molecule has 3 heterocycles. The molecule has 1 N–H and O–H groups in total. The number of amides is 1. The average molecular weight is 741 g/mol. The maximum absolute atomic E-state index is 14.0. The van der Waals surface area contributed by atoms with E-state index in [1.165, 1.54) is 38.3 Å². The second-order valence-corrected chi connectivity index (χ2v) is 19.9. The van der Waals surface area contributed by atoms with Crippen LogP contribution in [0.3, 0.4) is 0 Å². The highest BCUT2D eigenvalue weighted by Crippen LogP contribution is 2.89. The maximum atomic E-state index is 14.0. The van der Waals surface area contributed by atoms with Crippen LogP contribution in [-0.2, 0) is 30.3 Å². The molecule has 294 valence electrons. The van der Waals surface area contributed by atoms with Crippen LogP contribution in [0.15, 0.2) is 18.2 Å². The highest BCUT2D eigenvalue weighted by molar-refractivity contribution is 5.73. The molecule has 9 rings (SSSR count). The number of carbonyl (C=O) groups is 1. The maximum Gasteiger partial charge on any atom is 0.219 e. The molecule has 13 atom stereocenters. The van der Waals surface area contributed by atoms with Crippen LogP contribution >= 0.6 is 0 Å². The SMILES string of the molecule is CC(=O)N(Cc1cc(F)cc(F)c1)CC1C[C@@H](C)[C@H]2C(O1)[C@H](O)[C@@]1(C)C3CCC4C(C)(C)[C@@H](OC5CN(C6COC6)CCO5)CC[C@@]45CC35CC[C@]21C. The topological polar surface area (TPSA) is 80.7 Å². The van der Waals surface area contributed by atoms with E-state index in [2.05, 4.69) is 39.5 Å². The van der Waals surface area contributed by atoms with Crippen molar-refractivity contribution in [3.63, 3.8) is 0 Å². The molecule has 8 nitrogen and oxygen atoms in total. The van der Waals surface area contributed by atoms with Crippen molar-refractivity contribution in [2.45, 2.75) is 136 Å². The van der Waals surface area contributed by atoms with Gasteiger partial charge in [0.1, 0.15) is 11.6 Å². The molecule has 2 spiro atoms. The monoisotopic (exact) mass is 740 g/mol. The summed E-state index contributed by atoms with van der Waals surface area (Å²) in [6.45, 7) is 18.2. The van der Waals surface area contributed by atoms with Crippen molar-refractivity contribution >= 4 is 5.91 Å². The van der Waals surface area contributed by atoms with Crippen molar-refractivity contribution in [2.75, 3.05) is 39.5 Å². The van der Waals surface area contributed by atoms with Crippen molar-refractivity contribution in [3.05, 3.63) is 35.4 Å². The van der Waals surface area contributed by atoms with Gasteiger partial charge in [-0.05, 0) is 114 Å². The molecule has 0 bridgehead atoms. The fraction of sp³-hybridized carbons (Fsp3) is 0.837. The highest BCUT2D eigenvalue weighted by atomic mass is 19.1. The van der Waals surface area contributed by atoms with Crippen LogP contribution in [-0.4, -0.2) is 97.0 Å². The Morgan fingerprint density at radius 1 is 1.02 bits per heavy atom. The predicted octanol–water partition coefficient (Wildman–Crippen LogP) is 6.57. The Balaban J connectivity index is 0.918. The molecule has 8 fully saturated rings. The van der Waals surface area contributed by atoms with Crippen LogP contribution in [0.25, 0.3) is 0 Å². The number of fused-ring (bicyclic) bond motifs is 4. The molecule has 10 heteroatoms. The van der Waals surface area contributed by atoms with Crippen LogP contribution in [0, 0.1) is 62.4 Å². The van der Waals surface area contributed by atoms with Gasteiger partial charge < -0.3 is 29.0 Å². The number of benzene rings is 1. The summed E-state index contributed by atoms with van der Waals surface area (Å²) in [4.78, 5) is 16.9. The third kappa shape index (κ3) is 5.34. The first-order valence-electron chi connectivity index (χ1n) is 20.8. The van der Waals surface area contributed by atoms with Crippen LogP contribution in [0.4, 0.5) is 8.78 Å². The first-order chi connectivity index (χ1) is 25.1. The Kier molecular flexibility index (Phi) is 8.82. The van der Waals surface area contributed by atoms with Gasteiger partial charge in [0.25, 0.3) is 0 Å². The summed E-state index contributed by atoms with van der Waals surface area (Å²) in [6.07, 6.45) is 7.74. The summed E-state index contributed by atoms with van der Waals surface area (Å²) in [5.41, 5.74) is 0.665. The van der Waals surface area contributed by atoms with E-state index in [-0.39, 0.29) is 64.6 Å². The number of morpholine rings is 1. The van der Waals surface area contributed by atoms with Crippen molar-refractivity contribution < 1.29 is 37.6 Å². The van der Waals surface area contributed by atoms with Crippen molar-refractivity contribution in [3.8, 4) is 0 Å². The zero-order chi connectivity index (χ0) is 37.3. The quantitative estimate of drug-likeness (QED) is 0.339. The summed E-state index contributed by atoms with van der Waals surface area (Å²) < 4.78 is 53.6. The van der Waals surface area contributed by atoms with Gasteiger partial charge in [-0.15, -0.1) is 0 Å². The predicted molar refractivity (Wildman–Crippen MR) is 194 cm³/mol. The normalized spacial score (nSPS) is 47.3. The summed E-state index contributed by atoms with van der Waals surface area (Å²) in [6, 6.07) is 3.92. The number of nitrogens with zero attached hydrogens (tertiary/aromatic N) is 2. The second-order valence-electron chi connectivity index (χ2n) is 19.9. The Morgan fingerprint density at radius 2 is 1.74 bits per heavy atom. The van der Waals surface area contributed by atoms with Gasteiger partial charge in [0, 0.05) is 38.0 Å². The van der Waals surface area contributed by atoms with E-state index in [0.29, 0.717) is 47.9 Å². The Morgan fingerprint density at radius 3 is 2.43 bits per heavy atom. The molecule has 5 saturated carbocycles. The van der Waals surface area contributed by atoms with Gasteiger partial charge in [-0.1, -0.05) is 34.6 Å². The van der Waals surface area contributed by atoms with E-state index in [9.17, 15) is 18.7 Å². The zero-order valence-electron chi connectivity index (χ0n) is 32.8. The number of carbonyl (C=O) groups excluding carboxylic acids is 1. The molecule has 3 saturated heterocycles. The summed E-state index contributed by atoms with van der Waals surface area (Å²) in [5, 5.41) is 12.7. The third-order valence-corrected chi connectivity index (χ3v) is 17.5. The van der Waals surface area contributed by atoms with Gasteiger partial charge in [-0.3, -0.25) is 9.69 Å². The molecule has 53 heavy (non-hydrogen) atoms. The van der Waals surface area contributed by atoms with E-state index >= 15 is 0 Å². The van der Waals surface area contributed by atoms with E-state index in [1.54, 1.807) is 4.90 Å². The van der Waals surface area contributed by atoms with Gasteiger partial charge >= 0.3 is 0 Å². The van der Waals surface area contributed by atoms with E-state index in [1.807, 2.05) is 0 Å². The molecule has 6 unspecified atom stereocenters. The molecule has 5 aliphatic carbocycles. The molecule has 1 aromatic carbocycles. The number of rotatable bonds is 7. The summed E-state index contributed by atoms with van der Waals surface area (Å²) in [5.74, 6) is 0.0931. The Bertz CT molecular complexity index is 1590. The molecular weight excluding hydrogens is 678 g/mol. The van der Waals surface area contributed by atoms with E-state index in [0.717, 1.165) is 64.5 Å². The molecule has 0 aromatic heterocycles. The van der Waals surface area contributed by atoms with Crippen molar-refractivity contribution in [1.82, 2.24) is 9.80 Å². The minimum Gasteiger partial charge on any atom is -0.390 e. The molecule has 1 aromatic rings. The van der Waals surface area contributed by atoms with Gasteiger partial charge in [0.2, 0.25) is 5.91 Å². The second kappa shape index (κ2) is 12.7. The Hall–Kier alpha value is -1.69. The highest BCUT2D eigenvalue weighted by Gasteiger charge is 2.84. The van der Waals surface area contributed by atoms with Crippen LogP contribution in [0.1, 0.15) is 98.5 Å². The fourth-order valence-corrected chi connectivity index (χ4v) is 14.9. The summed E-state index contributed by atoms with van der Waals surface area (Å²) >= 11 is 0.